The van der Waals surface area contributed by atoms with E-state index in [1.165, 1.54) is 12.3 Å². The van der Waals surface area contributed by atoms with Gasteiger partial charge < -0.3 is 10.2 Å². The maximum atomic E-state index is 12.9. The molecule has 3 aromatic rings. The molecule has 0 heterocycles. The van der Waals surface area contributed by atoms with Crippen molar-refractivity contribution in [2.24, 2.45) is 11.0 Å². The molecule has 0 radical (unpaired) electrons. The number of rotatable bonds is 5. The Morgan fingerprint density at radius 3 is 2.13 bits per heavy atom. The van der Waals surface area contributed by atoms with Gasteiger partial charge in [-0.15, -0.1) is 0 Å². The summed E-state index contributed by atoms with van der Waals surface area (Å²) in [5, 5.41) is 24.0. The third-order valence-corrected chi connectivity index (χ3v) is 6.79. The van der Waals surface area contributed by atoms with Crippen molar-refractivity contribution in [1.29, 1.82) is 0 Å². The van der Waals surface area contributed by atoms with E-state index in [9.17, 15) is 15.0 Å². The van der Waals surface area contributed by atoms with Crippen LogP contribution in [-0.4, -0.2) is 22.3 Å². The van der Waals surface area contributed by atoms with Crippen LogP contribution < -0.4 is 5.43 Å². The quantitative estimate of drug-likeness (QED) is 0.318. The second-order valence-electron chi connectivity index (χ2n) is 7.15. The average molecular weight is 530 g/mol. The Labute approximate surface area is 190 Å². The smallest absolute Gasteiger partial charge is 0.244 e. The van der Waals surface area contributed by atoms with E-state index >= 15 is 0 Å². The first kappa shape index (κ1) is 20.6. The predicted molar refractivity (Wildman–Crippen MR) is 123 cm³/mol. The monoisotopic (exact) mass is 528 g/mol. The number of nitrogens with one attached hydrogen (secondary N) is 1. The molecule has 1 saturated carbocycles. The van der Waals surface area contributed by atoms with Gasteiger partial charge in [-0.3, -0.25) is 4.79 Å². The third kappa shape index (κ3) is 3.63. The van der Waals surface area contributed by atoms with Gasteiger partial charge in [0, 0.05) is 11.0 Å². The van der Waals surface area contributed by atoms with Gasteiger partial charge in [0.2, 0.25) is 5.91 Å². The van der Waals surface area contributed by atoms with Crippen LogP contribution in [0.1, 0.15) is 23.1 Å². The number of carbonyl (C=O) groups is 1. The lowest BCUT2D eigenvalue weighted by Crippen LogP contribution is -2.25. The van der Waals surface area contributed by atoms with E-state index in [2.05, 4.69) is 42.4 Å². The zero-order valence-electron chi connectivity index (χ0n) is 15.7. The van der Waals surface area contributed by atoms with Crippen LogP contribution in [0.3, 0.4) is 0 Å². The number of phenolic OH excluding ortho intramolecular Hbond substituents is 2. The number of carbonyl (C=O) groups excluding carboxylic acids is 1. The molecule has 5 nitrogen and oxygen atoms in total. The van der Waals surface area contributed by atoms with E-state index in [-0.39, 0.29) is 33.2 Å². The molecule has 1 unspecified atom stereocenters. The number of phenols is 2. The lowest BCUT2D eigenvalue weighted by Gasteiger charge is -2.18. The second kappa shape index (κ2) is 8.24. The highest BCUT2D eigenvalue weighted by Gasteiger charge is 2.60. The maximum absolute atomic E-state index is 12.9. The number of hydrazone groups is 1. The van der Waals surface area contributed by atoms with Gasteiger partial charge >= 0.3 is 0 Å². The van der Waals surface area contributed by atoms with Crippen molar-refractivity contribution in [3.05, 3.63) is 92.4 Å². The van der Waals surface area contributed by atoms with Crippen LogP contribution in [0, 0.1) is 5.92 Å². The molecule has 0 saturated heterocycles. The molecule has 1 amide bonds. The molecule has 30 heavy (non-hydrogen) atoms. The molecule has 1 aliphatic rings. The van der Waals surface area contributed by atoms with E-state index in [1.54, 1.807) is 0 Å². The SMILES string of the molecule is O=C(N/N=C/c1cc(Br)c(O)c(Br)c1O)C1CC1(c1ccccc1)c1ccccc1. The summed E-state index contributed by atoms with van der Waals surface area (Å²) in [5.74, 6) is -0.702. The molecule has 1 fully saturated rings. The number of amides is 1. The van der Waals surface area contributed by atoms with Gasteiger partial charge in [0.1, 0.15) is 16.0 Å². The van der Waals surface area contributed by atoms with Crippen molar-refractivity contribution in [2.45, 2.75) is 11.8 Å². The van der Waals surface area contributed by atoms with Gasteiger partial charge in [-0.05, 0) is 55.5 Å². The first-order valence-electron chi connectivity index (χ1n) is 9.29. The first-order chi connectivity index (χ1) is 14.4. The Bertz CT molecular complexity index is 1080. The minimum atomic E-state index is -0.366. The van der Waals surface area contributed by atoms with E-state index in [0.717, 1.165) is 11.1 Å². The van der Waals surface area contributed by atoms with Gasteiger partial charge in [0.05, 0.1) is 16.6 Å². The van der Waals surface area contributed by atoms with Crippen molar-refractivity contribution < 1.29 is 15.0 Å². The fourth-order valence-electron chi connectivity index (χ4n) is 3.81. The summed E-state index contributed by atoms with van der Waals surface area (Å²) in [6, 6.07) is 21.6. The zero-order valence-corrected chi connectivity index (χ0v) is 18.9. The molecule has 3 aromatic carbocycles. The summed E-state index contributed by atoms with van der Waals surface area (Å²) in [6.45, 7) is 0. The van der Waals surface area contributed by atoms with Crippen LogP contribution in [0.25, 0.3) is 0 Å². The second-order valence-corrected chi connectivity index (χ2v) is 8.80. The Morgan fingerprint density at radius 2 is 1.57 bits per heavy atom. The minimum absolute atomic E-state index is 0.109. The van der Waals surface area contributed by atoms with Gasteiger partial charge in [-0.25, -0.2) is 5.43 Å². The molecule has 4 rings (SSSR count). The summed E-state index contributed by atoms with van der Waals surface area (Å²) in [5.41, 5.74) is 4.78. The number of aromatic hydroxyl groups is 2. The Kier molecular flexibility index (Phi) is 5.66. The molecule has 0 spiro atoms. The summed E-state index contributed by atoms with van der Waals surface area (Å²) in [4.78, 5) is 12.9. The number of hydrogen-bond donors (Lipinski definition) is 3. The molecule has 1 aliphatic carbocycles. The standard InChI is InChI=1S/C23H18Br2N2O3/c24-18-11-14(20(28)19(25)21(18)29)13-26-27-22(30)17-12-23(17,15-7-3-1-4-8-15)16-9-5-2-6-10-16/h1-11,13,17,28-29H,12H2,(H,27,30)/b26-13+. The van der Waals surface area contributed by atoms with E-state index in [0.29, 0.717) is 16.5 Å². The van der Waals surface area contributed by atoms with Crippen molar-refractivity contribution in [2.75, 3.05) is 0 Å². The van der Waals surface area contributed by atoms with Crippen LogP contribution in [0.15, 0.2) is 80.8 Å². The third-order valence-electron chi connectivity index (χ3n) is 5.43. The normalized spacial score (nSPS) is 17.1. The van der Waals surface area contributed by atoms with Crippen LogP contribution in [0.2, 0.25) is 0 Å². The van der Waals surface area contributed by atoms with Crippen molar-refractivity contribution in [3.63, 3.8) is 0 Å². The fourth-order valence-corrected chi connectivity index (χ4v) is 4.97. The highest BCUT2D eigenvalue weighted by molar-refractivity contribution is 9.11. The Hall–Kier alpha value is -2.64. The molecular formula is C23H18Br2N2O3. The van der Waals surface area contributed by atoms with E-state index in [1.807, 2.05) is 60.7 Å². The van der Waals surface area contributed by atoms with Gasteiger partial charge in [0.15, 0.2) is 0 Å². The number of benzene rings is 3. The molecule has 3 N–H and O–H groups in total. The van der Waals surface area contributed by atoms with Gasteiger partial charge in [-0.1, -0.05) is 60.7 Å². The van der Waals surface area contributed by atoms with Crippen LogP contribution >= 0.6 is 31.9 Å². The molecule has 0 bridgehead atoms. The van der Waals surface area contributed by atoms with Crippen LogP contribution in [-0.2, 0) is 10.2 Å². The first-order valence-corrected chi connectivity index (χ1v) is 10.9. The lowest BCUT2D eigenvalue weighted by molar-refractivity contribution is -0.122. The largest absolute Gasteiger partial charge is 0.506 e. The topological polar surface area (TPSA) is 81.9 Å². The molecule has 7 heteroatoms. The van der Waals surface area contributed by atoms with Crippen LogP contribution in [0.4, 0.5) is 0 Å². The molecular weight excluding hydrogens is 512 g/mol. The summed E-state index contributed by atoms with van der Waals surface area (Å²) in [7, 11) is 0. The Balaban J connectivity index is 1.55. The maximum Gasteiger partial charge on any atom is 0.244 e. The van der Waals surface area contributed by atoms with Gasteiger partial charge in [0.25, 0.3) is 0 Å². The van der Waals surface area contributed by atoms with Crippen molar-refractivity contribution in [1.82, 2.24) is 5.43 Å². The van der Waals surface area contributed by atoms with Gasteiger partial charge in [-0.2, -0.15) is 5.10 Å². The fraction of sp³-hybridized carbons (Fsp3) is 0.130. The van der Waals surface area contributed by atoms with E-state index in [4.69, 9.17) is 0 Å². The number of nitrogens with zero attached hydrogens (tertiary/aromatic N) is 1. The van der Waals surface area contributed by atoms with Crippen LogP contribution in [0.5, 0.6) is 11.5 Å². The Morgan fingerprint density at radius 1 is 1.00 bits per heavy atom. The minimum Gasteiger partial charge on any atom is -0.506 e. The number of hydrogen-bond acceptors (Lipinski definition) is 4. The van der Waals surface area contributed by atoms with E-state index < -0.39 is 0 Å². The number of halogens is 2. The summed E-state index contributed by atoms with van der Waals surface area (Å²) >= 11 is 6.33. The summed E-state index contributed by atoms with van der Waals surface area (Å²) < 4.78 is 0.549. The predicted octanol–water partition coefficient (Wildman–Crippen LogP) is 5.08. The molecule has 0 aliphatic heterocycles. The lowest BCUT2D eigenvalue weighted by atomic mass is 9.85. The zero-order chi connectivity index (χ0) is 21.3. The summed E-state index contributed by atoms with van der Waals surface area (Å²) in [6.07, 6.45) is 2.04. The van der Waals surface area contributed by atoms with Crippen molar-refractivity contribution >= 4 is 44.0 Å². The highest BCUT2D eigenvalue weighted by atomic mass is 79.9. The average Bonchev–Trinajstić information content (AvgIpc) is 3.54. The highest BCUT2D eigenvalue weighted by Crippen LogP contribution is 2.58. The molecule has 1 atom stereocenters. The molecule has 152 valence electrons. The van der Waals surface area contributed by atoms with Crippen molar-refractivity contribution in [3.8, 4) is 11.5 Å². The molecule has 0 aromatic heterocycles.